The van der Waals surface area contributed by atoms with Gasteiger partial charge in [0.25, 0.3) is 0 Å². The fourth-order valence-corrected chi connectivity index (χ4v) is 2.80. The molecule has 116 valence electrons. The average molecular weight is 289 g/mol. The van der Waals surface area contributed by atoms with Crippen molar-refractivity contribution in [3.8, 4) is 0 Å². The van der Waals surface area contributed by atoms with E-state index in [0.29, 0.717) is 12.3 Å². The molecule has 1 amide bonds. The topological polar surface area (TPSA) is 58.4 Å². The van der Waals surface area contributed by atoms with Gasteiger partial charge >= 0.3 is 0 Å². The number of nitrogens with two attached hydrogens (primary N) is 1. The van der Waals surface area contributed by atoms with Crippen molar-refractivity contribution < 1.29 is 4.79 Å². The van der Waals surface area contributed by atoms with Gasteiger partial charge in [-0.15, -0.1) is 0 Å². The fourth-order valence-electron chi connectivity index (χ4n) is 2.80. The quantitative estimate of drug-likeness (QED) is 0.846. The summed E-state index contributed by atoms with van der Waals surface area (Å²) >= 11 is 0. The van der Waals surface area contributed by atoms with E-state index >= 15 is 0 Å². The van der Waals surface area contributed by atoms with Crippen LogP contribution in [0.25, 0.3) is 0 Å². The van der Waals surface area contributed by atoms with Gasteiger partial charge in [-0.2, -0.15) is 0 Å². The van der Waals surface area contributed by atoms with E-state index in [1.165, 1.54) is 31.5 Å². The first-order valence-electron chi connectivity index (χ1n) is 7.92. The van der Waals surface area contributed by atoms with Gasteiger partial charge in [0.05, 0.1) is 6.04 Å². The third kappa shape index (κ3) is 5.14. The summed E-state index contributed by atoms with van der Waals surface area (Å²) in [7, 11) is 0. The number of carbonyl (C=O) groups excluding carboxylic acids is 1. The zero-order valence-electron chi connectivity index (χ0n) is 13.1. The molecule has 2 rings (SSSR count). The summed E-state index contributed by atoms with van der Waals surface area (Å²) in [6.45, 7) is 7.46. The largest absolute Gasteiger partial charge is 0.325 e. The molecular formula is C17H27N3O. The van der Waals surface area contributed by atoms with Crippen molar-refractivity contribution in [2.75, 3.05) is 18.4 Å². The molecule has 21 heavy (non-hydrogen) atoms. The van der Waals surface area contributed by atoms with Gasteiger partial charge in [0.2, 0.25) is 5.91 Å². The number of nitrogens with zero attached hydrogens (tertiary/aromatic N) is 1. The zero-order chi connectivity index (χ0) is 15.2. The van der Waals surface area contributed by atoms with Crippen molar-refractivity contribution in [1.29, 1.82) is 0 Å². The summed E-state index contributed by atoms with van der Waals surface area (Å²) in [5.41, 5.74) is 8.00. The number of amides is 1. The van der Waals surface area contributed by atoms with E-state index in [-0.39, 0.29) is 5.91 Å². The van der Waals surface area contributed by atoms with E-state index in [1.807, 2.05) is 12.1 Å². The normalized spacial score (nSPS) is 17.1. The second-order valence-corrected chi connectivity index (χ2v) is 6.41. The predicted octanol–water partition coefficient (Wildman–Crippen LogP) is 2.59. The average Bonchev–Trinajstić information content (AvgIpc) is 2.91. The lowest BCUT2D eigenvalue weighted by molar-refractivity contribution is -0.117. The van der Waals surface area contributed by atoms with Gasteiger partial charge in [0.15, 0.2) is 0 Å². The molecule has 1 atom stereocenters. The smallest absolute Gasteiger partial charge is 0.241 e. The van der Waals surface area contributed by atoms with Gasteiger partial charge in [-0.05, 0) is 56.0 Å². The second kappa shape index (κ2) is 7.57. The Morgan fingerprint density at radius 1 is 1.33 bits per heavy atom. The molecule has 0 aromatic heterocycles. The van der Waals surface area contributed by atoms with Crippen LogP contribution in [0, 0.1) is 5.92 Å². The Morgan fingerprint density at radius 2 is 2.05 bits per heavy atom. The Labute approximate surface area is 127 Å². The van der Waals surface area contributed by atoms with E-state index in [0.717, 1.165) is 12.2 Å². The predicted molar refractivity (Wildman–Crippen MR) is 87.0 cm³/mol. The van der Waals surface area contributed by atoms with E-state index in [9.17, 15) is 4.79 Å². The summed E-state index contributed by atoms with van der Waals surface area (Å²) in [4.78, 5) is 14.5. The molecule has 0 radical (unpaired) electrons. The highest BCUT2D eigenvalue weighted by molar-refractivity contribution is 5.94. The lowest BCUT2D eigenvalue weighted by atomic mass is 10.0. The Balaban J connectivity index is 1.92. The first-order chi connectivity index (χ1) is 10.0. The van der Waals surface area contributed by atoms with Crippen LogP contribution in [0.3, 0.4) is 0 Å². The first kappa shape index (κ1) is 16.0. The number of anilines is 1. The van der Waals surface area contributed by atoms with Crippen LogP contribution >= 0.6 is 0 Å². The van der Waals surface area contributed by atoms with Crippen molar-refractivity contribution in [2.24, 2.45) is 11.7 Å². The summed E-state index contributed by atoms with van der Waals surface area (Å²) in [6.07, 6.45) is 3.29. The van der Waals surface area contributed by atoms with Crippen molar-refractivity contribution in [3.63, 3.8) is 0 Å². The Kier molecular flexibility index (Phi) is 5.76. The number of hydrogen-bond acceptors (Lipinski definition) is 3. The molecule has 0 spiro atoms. The summed E-state index contributed by atoms with van der Waals surface area (Å²) in [5.74, 6) is 0.328. The standard InChI is InChI=1S/C17H27N3O/c1-13(2)10-16(18)17(21)19-15-7-5-6-14(11-15)12-20-8-3-4-9-20/h5-7,11,13,16H,3-4,8-10,12,18H2,1-2H3,(H,19,21)/t16-/m0/s1. The number of rotatable bonds is 6. The highest BCUT2D eigenvalue weighted by Crippen LogP contribution is 2.16. The molecule has 0 unspecified atom stereocenters. The number of carbonyl (C=O) groups is 1. The lowest BCUT2D eigenvalue weighted by Crippen LogP contribution is -2.36. The molecule has 3 N–H and O–H groups in total. The maximum atomic E-state index is 12.1. The minimum atomic E-state index is -0.438. The van der Waals surface area contributed by atoms with Crippen LogP contribution in [0.2, 0.25) is 0 Å². The van der Waals surface area contributed by atoms with E-state index in [4.69, 9.17) is 5.73 Å². The minimum Gasteiger partial charge on any atom is -0.325 e. The summed E-state index contributed by atoms with van der Waals surface area (Å²) < 4.78 is 0. The van der Waals surface area contributed by atoms with Crippen molar-refractivity contribution in [2.45, 2.75) is 45.7 Å². The Hall–Kier alpha value is -1.39. The molecule has 1 saturated heterocycles. The highest BCUT2D eigenvalue weighted by atomic mass is 16.2. The molecule has 1 heterocycles. The molecule has 1 aliphatic rings. The van der Waals surface area contributed by atoms with Crippen LogP contribution in [0.15, 0.2) is 24.3 Å². The SMILES string of the molecule is CC(C)C[C@H](N)C(=O)Nc1cccc(CN2CCCC2)c1. The van der Waals surface area contributed by atoms with Crippen molar-refractivity contribution in [1.82, 2.24) is 4.90 Å². The van der Waals surface area contributed by atoms with Crippen molar-refractivity contribution in [3.05, 3.63) is 29.8 Å². The van der Waals surface area contributed by atoms with Crippen LogP contribution in [-0.2, 0) is 11.3 Å². The van der Waals surface area contributed by atoms with Crippen LogP contribution in [0.4, 0.5) is 5.69 Å². The summed E-state index contributed by atoms with van der Waals surface area (Å²) in [5, 5.41) is 2.93. The molecular weight excluding hydrogens is 262 g/mol. The molecule has 4 heteroatoms. The monoisotopic (exact) mass is 289 g/mol. The van der Waals surface area contributed by atoms with Gasteiger partial charge in [0, 0.05) is 12.2 Å². The minimum absolute atomic E-state index is 0.0953. The number of likely N-dealkylation sites (tertiary alicyclic amines) is 1. The van der Waals surface area contributed by atoms with Crippen LogP contribution in [-0.4, -0.2) is 29.9 Å². The number of benzene rings is 1. The third-order valence-corrected chi connectivity index (χ3v) is 3.86. The van der Waals surface area contributed by atoms with E-state index < -0.39 is 6.04 Å². The van der Waals surface area contributed by atoms with Gasteiger partial charge in [-0.3, -0.25) is 9.69 Å². The second-order valence-electron chi connectivity index (χ2n) is 6.41. The highest BCUT2D eigenvalue weighted by Gasteiger charge is 2.16. The molecule has 0 saturated carbocycles. The molecule has 1 aliphatic heterocycles. The number of nitrogens with one attached hydrogen (secondary N) is 1. The van der Waals surface area contributed by atoms with Gasteiger partial charge in [-0.25, -0.2) is 0 Å². The lowest BCUT2D eigenvalue weighted by Gasteiger charge is -2.17. The fraction of sp³-hybridized carbons (Fsp3) is 0.588. The first-order valence-corrected chi connectivity index (χ1v) is 7.92. The maximum Gasteiger partial charge on any atom is 0.241 e. The Bertz CT molecular complexity index is 467. The van der Waals surface area contributed by atoms with Gasteiger partial charge < -0.3 is 11.1 Å². The molecule has 0 bridgehead atoms. The molecule has 1 aromatic carbocycles. The van der Waals surface area contributed by atoms with Gasteiger partial charge in [0.1, 0.15) is 0 Å². The molecule has 4 nitrogen and oxygen atoms in total. The Morgan fingerprint density at radius 3 is 2.71 bits per heavy atom. The van der Waals surface area contributed by atoms with E-state index in [2.05, 4.69) is 36.2 Å². The van der Waals surface area contributed by atoms with Crippen molar-refractivity contribution >= 4 is 11.6 Å². The van der Waals surface area contributed by atoms with E-state index in [1.54, 1.807) is 0 Å². The zero-order valence-corrected chi connectivity index (χ0v) is 13.1. The molecule has 1 aromatic rings. The maximum absolute atomic E-state index is 12.1. The third-order valence-electron chi connectivity index (χ3n) is 3.86. The molecule has 1 fully saturated rings. The van der Waals surface area contributed by atoms with Crippen LogP contribution in [0.1, 0.15) is 38.7 Å². The van der Waals surface area contributed by atoms with Crippen LogP contribution < -0.4 is 11.1 Å². The number of hydrogen-bond donors (Lipinski definition) is 2. The summed E-state index contributed by atoms with van der Waals surface area (Å²) in [6, 6.07) is 7.65. The van der Waals surface area contributed by atoms with Gasteiger partial charge in [-0.1, -0.05) is 26.0 Å². The molecule has 0 aliphatic carbocycles. The van der Waals surface area contributed by atoms with Crippen LogP contribution in [0.5, 0.6) is 0 Å².